The Morgan fingerprint density at radius 1 is 1.00 bits per heavy atom. The molecule has 19 heavy (non-hydrogen) atoms. The second kappa shape index (κ2) is 7.05. The molecule has 2 heteroatoms. The van der Waals surface area contributed by atoms with Crippen LogP contribution in [0.1, 0.15) is 24.0 Å². The van der Waals surface area contributed by atoms with Crippen molar-refractivity contribution < 1.29 is 4.39 Å². The van der Waals surface area contributed by atoms with Gasteiger partial charge in [-0.1, -0.05) is 55.5 Å². The lowest BCUT2D eigenvalue weighted by molar-refractivity contribution is 0.544. The number of nitrogens with one attached hydrogen (secondary N) is 1. The highest BCUT2D eigenvalue weighted by molar-refractivity contribution is 5.26. The topological polar surface area (TPSA) is 12.0 Å². The highest BCUT2D eigenvalue weighted by atomic mass is 19.1. The van der Waals surface area contributed by atoms with Gasteiger partial charge >= 0.3 is 0 Å². The van der Waals surface area contributed by atoms with Gasteiger partial charge in [0.2, 0.25) is 0 Å². The van der Waals surface area contributed by atoms with Gasteiger partial charge in [0.15, 0.2) is 0 Å². The van der Waals surface area contributed by atoms with Crippen molar-refractivity contribution in [1.29, 1.82) is 0 Å². The maximum Gasteiger partial charge on any atom is 0.126 e. The summed E-state index contributed by atoms with van der Waals surface area (Å²) in [6, 6.07) is 17.3. The third kappa shape index (κ3) is 3.90. The number of benzene rings is 2. The molecule has 2 aromatic carbocycles. The second-order valence-electron chi connectivity index (χ2n) is 4.72. The van der Waals surface area contributed by atoms with Gasteiger partial charge in [0, 0.05) is 12.5 Å². The van der Waals surface area contributed by atoms with E-state index in [2.05, 4.69) is 24.4 Å². The molecule has 0 aliphatic heterocycles. The van der Waals surface area contributed by atoms with E-state index < -0.39 is 0 Å². The monoisotopic (exact) mass is 257 g/mol. The van der Waals surface area contributed by atoms with E-state index in [0.29, 0.717) is 0 Å². The Kier molecular flexibility index (Phi) is 5.10. The predicted octanol–water partition coefficient (Wildman–Crippen LogP) is 3.76. The SMILES string of the molecule is CCNCC(Cc1ccccc1)c1ccccc1F. The Morgan fingerprint density at radius 3 is 2.37 bits per heavy atom. The molecule has 0 saturated heterocycles. The van der Waals surface area contributed by atoms with E-state index in [-0.39, 0.29) is 11.7 Å². The zero-order valence-electron chi connectivity index (χ0n) is 11.3. The van der Waals surface area contributed by atoms with E-state index >= 15 is 0 Å². The number of rotatable bonds is 6. The van der Waals surface area contributed by atoms with Crippen molar-refractivity contribution in [3.05, 3.63) is 71.5 Å². The number of hydrogen-bond donors (Lipinski definition) is 1. The maximum absolute atomic E-state index is 13.9. The summed E-state index contributed by atoms with van der Waals surface area (Å²) in [5, 5.41) is 3.33. The molecule has 2 aromatic rings. The molecule has 0 heterocycles. The summed E-state index contributed by atoms with van der Waals surface area (Å²) in [6.07, 6.45) is 0.856. The fourth-order valence-electron chi connectivity index (χ4n) is 2.32. The fraction of sp³-hybridized carbons (Fsp3) is 0.294. The van der Waals surface area contributed by atoms with Crippen LogP contribution in [0.4, 0.5) is 4.39 Å². The summed E-state index contributed by atoms with van der Waals surface area (Å²) in [5.74, 6) is 0.0601. The first-order chi connectivity index (χ1) is 9.31. The summed E-state index contributed by atoms with van der Waals surface area (Å²) in [5.41, 5.74) is 2.04. The summed E-state index contributed by atoms with van der Waals surface area (Å²) < 4.78 is 13.9. The van der Waals surface area contributed by atoms with Gasteiger partial charge in [0.25, 0.3) is 0 Å². The average molecular weight is 257 g/mol. The van der Waals surface area contributed by atoms with Crippen LogP contribution in [0.2, 0.25) is 0 Å². The molecular weight excluding hydrogens is 237 g/mol. The zero-order valence-corrected chi connectivity index (χ0v) is 11.3. The minimum Gasteiger partial charge on any atom is -0.316 e. The summed E-state index contributed by atoms with van der Waals surface area (Å²) >= 11 is 0. The number of hydrogen-bond acceptors (Lipinski definition) is 1. The van der Waals surface area contributed by atoms with Crippen LogP contribution in [0, 0.1) is 5.82 Å². The molecule has 100 valence electrons. The van der Waals surface area contributed by atoms with Crippen LogP contribution in [0.25, 0.3) is 0 Å². The molecule has 1 N–H and O–H groups in total. The van der Waals surface area contributed by atoms with Gasteiger partial charge in [-0.2, -0.15) is 0 Å². The Hall–Kier alpha value is -1.67. The van der Waals surface area contributed by atoms with Crippen LogP contribution in [0.5, 0.6) is 0 Å². The Labute approximate surface area is 114 Å². The van der Waals surface area contributed by atoms with Gasteiger partial charge in [-0.25, -0.2) is 4.39 Å². The summed E-state index contributed by atoms with van der Waals surface area (Å²) in [4.78, 5) is 0. The van der Waals surface area contributed by atoms with Crippen molar-refractivity contribution in [2.75, 3.05) is 13.1 Å². The van der Waals surface area contributed by atoms with Crippen molar-refractivity contribution in [2.45, 2.75) is 19.3 Å². The molecule has 1 atom stereocenters. The average Bonchev–Trinajstić information content (AvgIpc) is 2.45. The highest BCUT2D eigenvalue weighted by Gasteiger charge is 2.15. The smallest absolute Gasteiger partial charge is 0.126 e. The molecule has 0 aliphatic carbocycles. The quantitative estimate of drug-likeness (QED) is 0.830. The molecule has 1 nitrogen and oxygen atoms in total. The normalized spacial score (nSPS) is 12.3. The van der Waals surface area contributed by atoms with Crippen molar-refractivity contribution >= 4 is 0 Å². The third-order valence-electron chi connectivity index (χ3n) is 3.31. The Morgan fingerprint density at radius 2 is 1.68 bits per heavy atom. The number of halogens is 1. The molecule has 0 aromatic heterocycles. The van der Waals surface area contributed by atoms with Crippen LogP contribution < -0.4 is 5.32 Å². The molecule has 0 aliphatic rings. The lowest BCUT2D eigenvalue weighted by atomic mass is 9.91. The van der Waals surface area contributed by atoms with Crippen LogP contribution in [0.3, 0.4) is 0 Å². The molecule has 0 saturated carbocycles. The van der Waals surface area contributed by atoms with Gasteiger partial charge in [-0.05, 0) is 30.2 Å². The summed E-state index contributed by atoms with van der Waals surface area (Å²) in [7, 11) is 0. The first-order valence-electron chi connectivity index (χ1n) is 6.80. The van der Waals surface area contributed by atoms with Crippen molar-refractivity contribution in [2.24, 2.45) is 0 Å². The minimum absolute atomic E-state index is 0.110. The molecule has 0 fully saturated rings. The van der Waals surface area contributed by atoms with Gasteiger partial charge in [0.1, 0.15) is 5.82 Å². The lowest BCUT2D eigenvalue weighted by Gasteiger charge is -2.18. The molecular formula is C17H20FN. The van der Waals surface area contributed by atoms with Gasteiger partial charge in [-0.3, -0.25) is 0 Å². The van der Waals surface area contributed by atoms with E-state index in [4.69, 9.17) is 0 Å². The first-order valence-corrected chi connectivity index (χ1v) is 6.80. The van der Waals surface area contributed by atoms with E-state index in [1.54, 1.807) is 12.1 Å². The lowest BCUT2D eigenvalue weighted by Crippen LogP contribution is -2.23. The largest absolute Gasteiger partial charge is 0.316 e. The molecule has 0 spiro atoms. The van der Waals surface area contributed by atoms with Crippen LogP contribution in [0.15, 0.2) is 54.6 Å². The third-order valence-corrected chi connectivity index (χ3v) is 3.31. The van der Waals surface area contributed by atoms with Crippen molar-refractivity contribution in [3.63, 3.8) is 0 Å². The minimum atomic E-state index is -0.110. The summed E-state index contributed by atoms with van der Waals surface area (Å²) in [6.45, 7) is 3.77. The second-order valence-corrected chi connectivity index (χ2v) is 4.72. The van der Waals surface area contributed by atoms with Gasteiger partial charge in [0.05, 0.1) is 0 Å². The van der Waals surface area contributed by atoms with Crippen molar-refractivity contribution in [3.8, 4) is 0 Å². The van der Waals surface area contributed by atoms with Gasteiger partial charge in [-0.15, -0.1) is 0 Å². The Balaban J connectivity index is 2.19. The fourth-order valence-corrected chi connectivity index (χ4v) is 2.32. The first kappa shape index (κ1) is 13.8. The molecule has 0 bridgehead atoms. The van der Waals surface area contributed by atoms with E-state index in [1.165, 1.54) is 5.56 Å². The standard InChI is InChI=1S/C17H20FN/c1-2-19-13-15(12-14-8-4-3-5-9-14)16-10-6-7-11-17(16)18/h3-11,15,19H,2,12-13H2,1H3. The molecule has 1 unspecified atom stereocenters. The highest BCUT2D eigenvalue weighted by Crippen LogP contribution is 2.23. The van der Waals surface area contributed by atoms with Crippen molar-refractivity contribution in [1.82, 2.24) is 5.32 Å². The maximum atomic E-state index is 13.9. The van der Waals surface area contributed by atoms with Gasteiger partial charge < -0.3 is 5.32 Å². The van der Waals surface area contributed by atoms with Crippen LogP contribution >= 0.6 is 0 Å². The zero-order chi connectivity index (χ0) is 13.5. The Bertz CT molecular complexity index is 496. The molecule has 2 rings (SSSR count). The van der Waals surface area contributed by atoms with E-state index in [0.717, 1.165) is 25.1 Å². The molecule has 0 amide bonds. The van der Waals surface area contributed by atoms with E-state index in [1.807, 2.05) is 30.3 Å². The van der Waals surface area contributed by atoms with Crippen LogP contribution in [-0.4, -0.2) is 13.1 Å². The van der Waals surface area contributed by atoms with Crippen LogP contribution in [-0.2, 0) is 6.42 Å². The molecule has 0 radical (unpaired) electrons. The predicted molar refractivity (Wildman–Crippen MR) is 77.8 cm³/mol. The number of likely N-dealkylation sites (N-methyl/N-ethyl adjacent to an activating group) is 1. The van der Waals surface area contributed by atoms with E-state index in [9.17, 15) is 4.39 Å².